The Morgan fingerprint density at radius 1 is 1.24 bits per heavy atom. The summed E-state index contributed by atoms with van der Waals surface area (Å²) in [6.07, 6.45) is 0. The lowest BCUT2D eigenvalue weighted by atomic mass is 10.1. The minimum absolute atomic E-state index is 0.0938. The van der Waals surface area contributed by atoms with Gasteiger partial charge < -0.3 is 4.90 Å². The van der Waals surface area contributed by atoms with Gasteiger partial charge in [0.2, 0.25) is 10.0 Å². The van der Waals surface area contributed by atoms with E-state index in [0.29, 0.717) is 22.5 Å². The molecule has 0 aliphatic heterocycles. The number of hydrogen-bond donors (Lipinski definition) is 0. The van der Waals surface area contributed by atoms with Crippen LogP contribution >= 0.6 is 15.9 Å². The molecule has 7 heteroatoms. The van der Waals surface area contributed by atoms with Crippen molar-refractivity contribution in [1.29, 1.82) is 0 Å². The Balaban J connectivity index is 3.22. The van der Waals surface area contributed by atoms with Gasteiger partial charge in [-0.2, -0.15) is 0 Å². The van der Waals surface area contributed by atoms with Gasteiger partial charge in [-0.1, -0.05) is 13.8 Å². The number of halogens is 1. The van der Waals surface area contributed by atoms with Crippen LogP contribution in [0.4, 0.5) is 0 Å². The fourth-order valence-corrected chi connectivity index (χ4v) is 3.73. The van der Waals surface area contributed by atoms with Crippen LogP contribution in [0, 0.1) is 5.92 Å². The van der Waals surface area contributed by atoms with Gasteiger partial charge in [-0.15, -0.1) is 0 Å². The third-order valence-corrected chi connectivity index (χ3v) is 5.73. The van der Waals surface area contributed by atoms with E-state index in [2.05, 4.69) is 15.9 Å². The van der Waals surface area contributed by atoms with E-state index in [1.807, 2.05) is 13.8 Å². The Labute approximate surface area is 135 Å². The molecular formula is C14H21BrN2O3S. The molecule has 1 aromatic carbocycles. The predicted octanol–water partition coefficient (Wildman–Crippen LogP) is 2.43. The van der Waals surface area contributed by atoms with Crippen molar-refractivity contribution < 1.29 is 13.2 Å². The van der Waals surface area contributed by atoms with Crippen molar-refractivity contribution in [2.24, 2.45) is 5.92 Å². The van der Waals surface area contributed by atoms with E-state index >= 15 is 0 Å². The highest BCUT2D eigenvalue weighted by Crippen LogP contribution is 2.25. The summed E-state index contributed by atoms with van der Waals surface area (Å²) in [6, 6.07) is 4.63. The van der Waals surface area contributed by atoms with E-state index in [4.69, 9.17) is 0 Å². The molecule has 0 aliphatic carbocycles. The van der Waals surface area contributed by atoms with Crippen molar-refractivity contribution in [3.63, 3.8) is 0 Å². The molecule has 0 unspecified atom stereocenters. The van der Waals surface area contributed by atoms with Gasteiger partial charge in [-0.05, 0) is 40.0 Å². The number of benzene rings is 1. The molecule has 0 radical (unpaired) electrons. The summed E-state index contributed by atoms with van der Waals surface area (Å²) in [7, 11) is 1.04. The summed E-state index contributed by atoms with van der Waals surface area (Å²) in [5.74, 6) is 0.158. The van der Waals surface area contributed by atoms with Gasteiger partial charge in [0.15, 0.2) is 0 Å². The zero-order valence-corrected chi connectivity index (χ0v) is 15.3. The van der Waals surface area contributed by atoms with Crippen LogP contribution in [0.3, 0.4) is 0 Å². The summed E-state index contributed by atoms with van der Waals surface area (Å²) >= 11 is 3.23. The number of amides is 1. The van der Waals surface area contributed by atoms with E-state index in [1.54, 1.807) is 24.1 Å². The SMILES string of the molecule is CC(C)CN(C)C(=O)c1ccc(Br)c(S(=O)(=O)N(C)C)c1. The number of rotatable bonds is 5. The summed E-state index contributed by atoms with van der Waals surface area (Å²) < 4.78 is 26.1. The lowest BCUT2D eigenvalue weighted by Crippen LogP contribution is -2.30. The Hall–Kier alpha value is -0.920. The number of carbonyl (C=O) groups is 1. The van der Waals surface area contributed by atoms with Crippen molar-refractivity contribution >= 4 is 31.9 Å². The second-order valence-corrected chi connectivity index (χ2v) is 8.49. The third-order valence-electron chi connectivity index (χ3n) is 2.92. The van der Waals surface area contributed by atoms with Crippen molar-refractivity contribution in [2.75, 3.05) is 27.7 Å². The van der Waals surface area contributed by atoms with Crippen LogP contribution in [-0.2, 0) is 10.0 Å². The van der Waals surface area contributed by atoms with Crippen LogP contribution in [-0.4, -0.2) is 51.2 Å². The average molecular weight is 377 g/mol. The van der Waals surface area contributed by atoms with Gasteiger partial charge in [-0.25, -0.2) is 12.7 Å². The normalized spacial score (nSPS) is 12.0. The number of hydrogen-bond acceptors (Lipinski definition) is 3. The van der Waals surface area contributed by atoms with Crippen LogP contribution in [0.2, 0.25) is 0 Å². The fourth-order valence-electron chi connectivity index (χ4n) is 1.88. The lowest BCUT2D eigenvalue weighted by molar-refractivity contribution is 0.0779. The monoisotopic (exact) mass is 376 g/mol. The molecule has 0 aliphatic rings. The van der Waals surface area contributed by atoms with Crippen molar-refractivity contribution in [2.45, 2.75) is 18.7 Å². The van der Waals surface area contributed by atoms with Gasteiger partial charge in [0.25, 0.3) is 5.91 Å². The Bertz CT molecular complexity index is 627. The van der Waals surface area contributed by atoms with E-state index in [-0.39, 0.29) is 10.8 Å². The fraction of sp³-hybridized carbons (Fsp3) is 0.500. The van der Waals surface area contributed by atoms with Gasteiger partial charge in [0, 0.05) is 37.7 Å². The average Bonchev–Trinajstić information content (AvgIpc) is 2.37. The smallest absolute Gasteiger partial charge is 0.253 e. The van der Waals surface area contributed by atoms with Crippen LogP contribution < -0.4 is 0 Å². The van der Waals surface area contributed by atoms with Gasteiger partial charge in [0.05, 0.1) is 4.90 Å². The van der Waals surface area contributed by atoms with Gasteiger partial charge in [-0.3, -0.25) is 4.79 Å². The van der Waals surface area contributed by atoms with E-state index < -0.39 is 10.0 Å². The van der Waals surface area contributed by atoms with Gasteiger partial charge >= 0.3 is 0 Å². The zero-order chi connectivity index (χ0) is 16.4. The summed E-state index contributed by atoms with van der Waals surface area (Å²) in [5, 5.41) is 0. The first-order valence-electron chi connectivity index (χ1n) is 6.55. The van der Waals surface area contributed by atoms with Crippen molar-refractivity contribution in [3.8, 4) is 0 Å². The molecule has 21 heavy (non-hydrogen) atoms. The third kappa shape index (κ3) is 4.28. The molecule has 0 N–H and O–H groups in total. The highest BCUT2D eigenvalue weighted by atomic mass is 79.9. The van der Waals surface area contributed by atoms with E-state index in [9.17, 15) is 13.2 Å². The molecule has 118 valence electrons. The molecule has 1 aromatic rings. The first-order valence-corrected chi connectivity index (χ1v) is 8.78. The second-order valence-electron chi connectivity index (χ2n) is 5.51. The number of carbonyl (C=O) groups excluding carboxylic acids is 1. The maximum absolute atomic E-state index is 12.3. The summed E-state index contributed by atoms with van der Waals surface area (Å²) in [4.78, 5) is 14.0. The standard InChI is InChI=1S/C14H21BrN2O3S/c1-10(2)9-17(5)14(18)11-6-7-12(15)13(8-11)21(19,20)16(3)4/h6-8,10H,9H2,1-5H3. The van der Waals surface area contributed by atoms with Crippen LogP contribution in [0.1, 0.15) is 24.2 Å². The Kier molecular flexibility index (Phi) is 5.95. The lowest BCUT2D eigenvalue weighted by Gasteiger charge is -2.20. The van der Waals surface area contributed by atoms with Gasteiger partial charge in [0.1, 0.15) is 0 Å². The Morgan fingerprint density at radius 2 is 1.81 bits per heavy atom. The van der Waals surface area contributed by atoms with Crippen LogP contribution in [0.15, 0.2) is 27.6 Å². The molecule has 1 rings (SSSR count). The predicted molar refractivity (Wildman–Crippen MR) is 86.8 cm³/mol. The van der Waals surface area contributed by atoms with Crippen molar-refractivity contribution in [1.82, 2.24) is 9.21 Å². The molecule has 0 saturated heterocycles. The highest BCUT2D eigenvalue weighted by Gasteiger charge is 2.23. The molecule has 5 nitrogen and oxygen atoms in total. The molecular weight excluding hydrogens is 356 g/mol. The first kappa shape index (κ1) is 18.1. The highest BCUT2D eigenvalue weighted by molar-refractivity contribution is 9.10. The summed E-state index contributed by atoms with van der Waals surface area (Å²) in [5.41, 5.74) is 0.363. The second kappa shape index (κ2) is 6.89. The molecule has 0 aromatic heterocycles. The number of sulfonamides is 1. The molecule has 0 bridgehead atoms. The van der Waals surface area contributed by atoms with E-state index in [1.165, 1.54) is 20.2 Å². The van der Waals surface area contributed by atoms with Crippen LogP contribution in [0.5, 0.6) is 0 Å². The molecule has 0 fully saturated rings. The van der Waals surface area contributed by atoms with Crippen LogP contribution in [0.25, 0.3) is 0 Å². The maximum Gasteiger partial charge on any atom is 0.253 e. The van der Waals surface area contributed by atoms with E-state index in [0.717, 1.165) is 4.31 Å². The molecule has 0 saturated carbocycles. The maximum atomic E-state index is 12.3. The number of nitrogens with zero attached hydrogens (tertiary/aromatic N) is 2. The quantitative estimate of drug-likeness (QED) is 0.792. The largest absolute Gasteiger partial charge is 0.341 e. The minimum Gasteiger partial charge on any atom is -0.341 e. The molecule has 0 spiro atoms. The first-order chi connectivity index (χ1) is 9.57. The molecule has 0 heterocycles. The molecule has 0 atom stereocenters. The zero-order valence-electron chi connectivity index (χ0n) is 12.9. The minimum atomic E-state index is -3.60. The molecule has 1 amide bonds. The van der Waals surface area contributed by atoms with Crippen molar-refractivity contribution in [3.05, 3.63) is 28.2 Å². The topological polar surface area (TPSA) is 57.7 Å². The Morgan fingerprint density at radius 3 is 2.29 bits per heavy atom. The summed E-state index contributed by atoms with van der Waals surface area (Å²) in [6.45, 7) is 4.66.